The predicted octanol–water partition coefficient (Wildman–Crippen LogP) is 2.29. The van der Waals surface area contributed by atoms with Crippen molar-refractivity contribution in [3.8, 4) is 0 Å². The fourth-order valence-corrected chi connectivity index (χ4v) is 5.42. The van der Waals surface area contributed by atoms with E-state index >= 15 is 0 Å². The van der Waals surface area contributed by atoms with Gasteiger partial charge >= 0.3 is 0 Å². The van der Waals surface area contributed by atoms with Gasteiger partial charge in [-0.3, -0.25) is 0 Å². The highest BCUT2D eigenvalue weighted by molar-refractivity contribution is 4.92. The van der Waals surface area contributed by atoms with Crippen LogP contribution < -0.4 is 0 Å². The van der Waals surface area contributed by atoms with Gasteiger partial charge in [0.05, 0.1) is 53.5 Å². The molecule has 0 N–H and O–H groups in total. The van der Waals surface area contributed by atoms with Crippen molar-refractivity contribution in [2.24, 2.45) is 0 Å². The van der Waals surface area contributed by atoms with E-state index in [2.05, 4.69) is 14.1 Å². The molecule has 4 aliphatic heterocycles. The second-order valence-electron chi connectivity index (χ2n) is 9.92. The van der Waals surface area contributed by atoms with Crippen LogP contribution in [0.25, 0.3) is 0 Å². The SMILES string of the molecule is C[N+]1(CC2COC(/C=C/C3OCC(C[N+]4(C)CCCCC4)O3)O2)CCCCC1. The largest absolute Gasteiger partial charge is 0.346 e. The maximum absolute atomic E-state index is 6.11. The smallest absolute Gasteiger partial charge is 0.177 e. The second kappa shape index (κ2) is 9.11. The second-order valence-corrected chi connectivity index (χ2v) is 9.92. The van der Waals surface area contributed by atoms with Crippen LogP contribution in [0, 0.1) is 0 Å². The fourth-order valence-electron chi connectivity index (χ4n) is 5.42. The van der Waals surface area contributed by atoms with Crippen LogP contribution in [-0.2, 0) is 18.9 Å². The molecule has 160 valence electrons. The van der Waals surface area contributed by atoms with Crippen LogP contribution in [-0.4, -0.2) is 100 Å². The van der Waals surface area contributed by atoms with Gasteiger partial charge < -0.3 is 27.9 Å². The molecule has 0 saturated carbocycles. The first kappa shape index (κ1) is 20.8. The molecule has 0 spiro atoms. The third kappa shape index (κ3) is 5.55. The summed E-state index contributed by atoms with van der Waals surface area (Å²) >= 11 is 0. The lowest BCUT2D eigenvalue weighted by atomic mass is 10.1. The number of ether oxygens (including phenoxy) is 4. The number of nitrogens with zero attached hydrogens (tertiary/aromatic N) is 2. The molecule has 4 heterocycles. The Morgan fingerprint density at radius 2 is 1.04 bits per heavy atom. The van der Waals surface area contributed by atoms with E-state index in [-0.39, 0.29) is 24.8 Å². The van der Waals surface area contributed by atoms with Gasteiger partial charge in [0.1, 0.15) is 25.3 Å². The molecule has 6 heteroatoms. The molecule has 4 fully saturated rings. The highest BCUT2D eigenvalue weighted by atomic mass is 16.7. The minimum atomic E-state index is -0.265. The van der Waals surface area contributed by atoms with E-state index in [9.17, 15) is 0 Å². The quantitative estimate of drug-likeness (QED) is 0.510. The number of hydrogen-bond donors (Lipinski definition) is 0. The number of likely N-dealkylation sites (N-methyl/N-ethyl adjacent to an activating group) is 2. The summed E-state index contributed by atoms with van der Waals surface area (Å²) in [6.07, 6.45) is 11.9. The monoisotopic (exact) mass is 396 g/mol. The van der Waals surface area contributed by atoms with Gasteiger partial charge in [-0.2, -0.15) is 0 Å². The zero-order valence-corrected chi connectivity index (χ0v) is 17.9. The standard InChI is InChI=1S/C22H40N2O4/c1-23(11-5-3-6-12-23)15-19-17-25-21(27-19)9-10-22-26-18-20(28-22)16-24(2)13-7-4-8-14-24/h9-10,19-22H,3-8,11-18H2,1-2H3/q+2/b10-9+. The summed E-state index contributed by atoms with van der Waals surface area (Å²) in [5, 5.41) is 0. The molecule has 4 rings (SSSR count). The Bertz CT molecular complexity index is 483. The van der Waals surface area contributed by atoms with Gasteiger partial charge in [0.15, 0.2) is 12.6 Å². The first-order valence-electron chi connectivity index (χ1n) is 11.4. The van der Waals surface area contributed by atoms with E-state index in [0.29, 0.717) is 13.2 Å². The average molecular weight is 397 g/mol. The van der Waals surface area contributed by atoms with E-state index in [4.69, 9.17) is 18.9 Å². The zero-order chi connectivity index (χ0) is 19.5. The van der Waals surface area contributed by atoms with E-state index in [1.807, 2.05) is 12.2 Å². The third-order valence-corrected chi connectivity index (χ3v) is 7.05. The summed E-state index contributed by atoms with van der Waals surface area (Å²) in [5.41, 5.74) is 0. The lowest BCUT2D eigenvalue weighted by Crippen LogP contribution is -2.52. The molecule has 4 saturated heterocycles. The Balaban J connectivity index is 1.19. The van der Waals surface area contributed by atoms with E-state index in [1.54, 1.807) is 0 Å². The maximum atomic E-state index is 6.11. The van der Waals surface area contributed by atoms with Crippen molar-refractivity contribution in [2.45, 2.75) is 63.3 Å². The molecule has 4 unspecified atom stereocenters. The van der Waals surface area contributed by atoms with Gasteiger partial charge in [0.25, 0.3) is 0 Å². The molecule has 4 aliphatic rings. The number of hydrogen-bond acceptors (Lipinski definition) is 4. The first-order valence-corrected chi connectivity index (χ1v) is 11.4. The van der Waals surface area contributed by atoms with Crippen LogP contribution in [0.15, 0.2) is 12.2 Å². The Hall–Kier alpha value is -0.500. The zero-order valence-electron chi connectivity index (χ0n) is 17.9. The van der Waals surface area contributed by atoms with Gasteiger partial charge in [0.2, 0.25) is 0 Å². The van der Waals surface area contributed by atoms with Crippen LogP contribution in [0.5, 0.6) is 0 Å². The van der Waals surface area contributed by atoms with Crippen molar-refractivity contribution < 1.29 is 27.9 Å². The molecule has 0 aromatic carbocycles. The Morgan fingerprint density at radius 3 is 1.43 bits per heavy atom. The van der Waals surface area contributed by atoms with Crippen LogP contribution in [0.2, 0.25) is 0 Å². The minimum Gasteiger partial charge on any atom is -0.346 e. The maximum Gasteiger partial charge on any atom is 0.177 e. The van der Waals surface area contributed by atoms with Gasteiger partial charge in [-0.15, -0.1) is 0 Å². The summed E-state index contributed by atoms with van der Waals surface area (Å²) in [4.78, 5) is 0. The van der Waals surface area contributed by atoms with Crippen molar-refractivity contribution in [2.75, 3.05) is 66.6 Å². The van der Waals surface area contributed by atoms with Crippen molar-refractivity contribution in [1.29, 1.82) is 0 Å². The Labute approximate surface area is 170 Å². The topological polar surface area (TPSA) is 36.9 Å². The number of quaternary nitrogens is 2. The summed E-state index contributed by atoms with van der Waals surface area (Å²) in [5.74, 6) is 0. The number of rotatable bonds is 6. The molecule has 0 radical (unpaired) electrons. The van der Waals surface area contributed by atoms with Gasteiger partial charge in [-0.1, -0.05) is 0 Å². The lowest BCUT2D eigenvalue weighted by Gasteiger charge is -2.39. The summed E-state index contributed by atoms with van der Waals surface area (Å²) in [7, 11) is 4.72. The van der Waals surface area contributed by atoms with Crippen LogP contribution in [0.4, 0.5) is 0 Å². The molecule has 28 heavy (non-hydrogen) atoms. The van der Waals surface area contributed by atoms with Gasteiger partial charge in [0, 0.05) is 0 Å². The van der Waals surface area contributed by atoms with Crippen molar-refractivity contribution in [3.63, 3.8) is 0 Å². The molecule has 0 aliphatic carbocycles. The summed E-state index contributed by atoms with van der Waals surface area (Å²) < 4.78 is 26.2. The van der Waals surface area contributed by atoms with Crippen molar-refractivity contribution in [3.05, 3.63) is 12.2 Å². The predicted molar refractivity (Wildman–Crippen MR) is 108 cm³/mol. The highest BCUT2D eigenvalue weighted by Gasteiger charge is 2.36. The van der Waals surface area contributed by atoms with E-state index < -0.39 is 0 Å². The first-order chi connectivity index (χ1) is 13.5. The fraction of sp³-hybridized carbons (Fsp3) is 0.909. The van der Waals surface area contributed by atoms with Crippen molar-refractivity contribution in [1.82, 2.24) is 0 Å². The molecule has 6 nitrogen and oxygen atoms in total. The molecule has 0 bridgehead atoms. The molecule has 0 amide bonds. The third-order valence-electron chi connectivity index (χ3n) is 7.05. The van der Waals surface area contributed by atoms with Crippen molar-refractivity contribution >= 4 is 0 Å². The van der Waals surface area contributed by atoms with Crippen LogP contribution in [0.3, 0.4) is 0 Å². The number of piperidine rings is 2. The molecule has 0 aromatic rings. The molecule has 0 aromatic heterocycles. The Kier molecular flexibility index (Phi) is 6.75. The molecular formula is C22H40N2O4+2. The van der Waals surface area contributed by atoms with Gasteiger partial charge in [-0.25, -0.2) is 0 Å². The Morgan fingerprint density at radius 1 is 0.643 bits per heavy atom. The summed E-state index contributed by atoms with van der Waals surface area (Å²) in [6, 6.07) is 0. The highest BCUT2D eigenvalue weighted by Crippen LogP contribution is 2.23. The lowest BCUT2D eigenvalue weighted by molar-refractivity contribution is -0.916. The minimum absolute atomic E-state index is 0.194. The number of likely N-dealkylation sites (tertiary alicyclic amines) is 2. The average Bonchev–Trinajstić information content (AvgIpc) is 3.29. The van der Waals surface area contributed by atoms with Crippen LogP contribution >= 0.6 is 0 Å². The molecular weight excluding hydrogens is 356 g/mol. The van der Waals surface area contributed by atoms with Crippen LogP contribution in [0.1, 0.15) is 38.5 Å². The summed E-state index contributed by atoms with van der Waals surface area (Å²) in [6.45, 7) is 8.55. The van der Waals surface area contributed by atoms with Gasteiger partial charge in [-0.05, 0) is 50.7 Å². The molecule has 4 atom stereocenters. The van der Waals surface area contributed by atoms with E-state index in [1.165, 1.54) is 64.7 Å². The van der Waals surface area contributed by atoms with E-state index in [0.717, 1.165) is 22.1 Å². The normalized spacial score (nSPS) is 38.2.